The number of aromatic nitrogens is 4. The van der Waals surface area contributed by atoms with E-state index in [1.54, 1.807) is 11.3 Å². The molecule has 45 heavy (non-hydrogen) atoms. The second kappa shape index (κ2) is 9.53. The van der Waals surface area contributed by atoms with Crippen LogP contribution in [-0.4, -0.2) is 19.5 Å². The number of nitrogens with zero attached hydrogens (tertiary/aromatic N) is 4. The molecule has 6 aromatic carbocycles. The molecule has 4 heterocycles. The van der Waals surface area contributed by atoms with Crippen molar-refractivity contribution in [2.24, 2.45) is 0 Å². The first-order chi connectivity index (χ1) is 22.3. The van der Waals surface area contributed by atoms with Crippen LogP contribution >= 0.6 is 22.7 Å². The molecular formula is C39H22N4S2. The molecule has 0 radical (unpaired) electrons. The van der Waals surface area contributed by atoms with E-state index in [0.29, 0.717) is 17.6 Å². The summed E-state index contributed by atoms with van der Waals surface area (Å²) < 4.78 is 7.20. The maximum atomic E-state index is 5.27. The van der Waals surface area contributed by atoms with Crippen molar-refractivity contribution >= 4 is 84.8 Å². The van der Waals surface area contributed by atoms with Gasteiger partial charge in [0.05, 0.1) is 11.0 Å². The molecule has 0 fully saturated rings. The van der Waals surface area contributed by atoms with Crippen LogP contribution < -0.4 is 0 Å². The van der Waals surface area contributed by atoms with Crippen LogP contribution in [0.5, 0.6) is 0 Å². The largest absolute Gasteiger partial charge is 0.278 e. The van der Waals surface area contributed by atoms with Gasteiger partial charge in [-0.05, 0) is 36.4 Å². The predicted octanol–water partition coefficient (Wildman–Crippen LogP) is 11.0. The zero-order valence-corrected chi connectivity index (χ0v) is 25.4. The van der Waals surface area contributed by atoms with Crippen LogP contribution in [0.4, 0.5) is 0 Å². The molecule has 0 amide bonds. The van der Waals surface area contributed by atoms with E-state index in [2.05, 4.69) is 120 Å². The zero-order valence-electron chi connectivity index (χ0n) is 23.8. The van der Waals surface area contributed by atoms with Crippen LogP contribution in [0.25, 0.3) is 90.9 Å². The fourth-order valence-electron chi connectivity index (χ4n) is 6.63. The Balaban J connectivity index is 1.31. The second-order valence-corrected chi connectivity index (χ2v) is 13.4. The quantitative estimate of drug-likeness (QED) is 0.200. The third kappa shape index (κ3) is 3.73. The summed E-state index contributed by atoms with van der Waals surface area (Å²) in [7, 11) is 0. The van der Waals surface area contributed by atoms with E-state index in [9.17, 15) is 0 Å². The highest BCUT2D eigenvalue weighted by Crippen LogP contribution is 2.42. The highest BCUT2D eigenvalue weighted by Gasteiger charge is 2.20. The van der Waals surface area contributed by atoms with Gasteiger partial charge < -0.3 is 0 Å². The summed E-state index contributed by atoms with van der Waals surface area (Å²) >= 11 is 3.62. The number of hydrogen-bond donors (Lipinski definition) is 0. The van der Waals surface area contributed by atoms with Gasteiger partial charge in [-0.1, -0.05) is 97.1 Å². The number of para-hydroxylation sites is 1. The van der Waals surface area contributed by atoms with Crippen molar-refractivity contribution < 1.29 is 0 Å². The van der Waals surface area contributed by atoms with Crippen LogP contribution in [0, 0.1) is 0 Å². The molecule has 0 atom stereocenters. The Morgan fingerprint density at radius 3 is 1.93 bits per heavy atom. The minimum absolute atomic E-state index is 0.614. The van der Waals surface area contributed by atoms with Gasteiger partial charge in [0.25, 0.3) is 0 Å². The van der Waals surface area contributed by atoms with Gasteiger partial charge in [0.2, 0.25) is 5.95 Å². The third-order valence-electron chi connectivity index (χ3n) is 8.67. The van der Waals surface area contributed by atoms with Gasteiger partial charge in [-0.2, -0.15) is 9.97 Å². The Hall–Kier alpha value is -5.43. The van der Waals surface area contributed by atoms with Crippen LogP contribution in [0.1, 0.15) is 0 Å². The summed E-state index contributed by atoms with van der Waals surface area (Å²) in [6, 6.07) is 47.1. The summed E-state index contributed by atoms with van der Waals surface area (Å²) in [4.78, 5) is 15.5. The van der Waals surface area contributed by atoms with Crippen molar-refractivity contribution in [3.63, 3.8) is 0 Å². The molecule has 6 heteroatoms. The normalized spacial score (nSPS) is 12.0. The summed E-state index contributed by atoms with van der Waals surface area (Å²) in [6.45, 7) is 0. The maximum absolute atomic E-state index is 5.27. The van der Waals surface area contributed by atoms with E-state index in [4.69, 9.17) is 15.0 Å². The molecule has 0 unspecified atom stereocenters. The van der Waals surface area contributed by atoms with Crippen molar-refractivity contribution in [3.05, 3.63) is 133 Å². The molecule has 0 aliphatic heterocycles. The Morgan fingerprint density at radius 2 is 1.09 bits per heavy atom. The van der Waals surface area contributed by atoms with Crippen LogP contribution in [0.2, 0.25) is 0 Å². The predicted molar refractivity (Wildman–Crippen MR) is 191 cm³/mol. The third-order valence-corrected chi connectivity index (χ3v) is 11.0. The van der Waals surface area contributed by atoms with Gasteiger partial charge >= 0.3 is 0 Å². The number of rotatable bonds is 3. The molecule has 10 rings (SSSR count). The number of fused-ring (bicyclic) bond motifs is 9. The highest BCUT2D eigenvalue weighted by molar-refractivity contribution is 7.26. The average molecular weight is 611 g/mol. The summed E-state index contributed by atoms with van der Waals surface area (Å²) in [5.74, 6) is 1.94. The summed E-state index contributed by atoms with van der Waals surface area (Å²) in [5.41, 5.74) is 4.14. The van der Waals surface area contributed by atoms with Gasteiger partial charge in [-0.25, -0.2) is 4.98 Å². The zero-order chi connectivity index (χ0) is 29.5. The molecule has 0 aliphatic rings. The molecule has 0 bridgehead atoms. The van der Waals surface area contributed by atoms with E-state index in [1.165, 1.54) is 51.1 Å². The van der Waals surface area contributed by atoms with Gasteiger partial charge in [-0.3, -0.25) is 4.57 Å². The van der Waals surface area contributed by atoms with E-state index < -0.39 is 0 Å². The lowest BCUT2D eigenvalue weighted by molar-refractivity contribution is 0.955. The minimum atomic E-state index is 0.614. The SMILES string of the molecule is c1ccc(-c2nc(-c3cccc4c3sc3ccccc34)nc(-n3c4ccccc4c4cc5c(cc43)sc3ccccc35)n2)cc1. The molecule has 0 saturated heterocycles. The van der Waals surface area contributed by atoms with E-state index in [0.717, 1.165) is 22.2 Å². The van der Waals surface area contributed by atoms with Crippen LogP contribution in [0.3, 0.4) is 0 Å². The summed E-state index contributed by atoms with van der Waals surface area (Å²) in [6.07, 6.45) is 0. The highest BCUT2D eigenvalue weighted by atomic mass is 32.1. The monoisotopic (exact) mass is 610 g/mol. The molecule has 4 aromatic heterocycles. The summed E-state index contributed by atoms with van der Waals surface area (Å²) in [5, 5.41) is 7.42. The van der Waals surface area contributed by atoms with Crippen molar-refractivity contribution in [1.82, 2.24) is 19.5 Å². The Bertz CT molecular complexity index is 2770. The number of benzene rings is 6. The molecule has 0 aliphatic carbocycles. The standard InChI is InChI=1S/C39H22N4S2/c1-2-11-23(12-3-1)37-40-38(28-17-10-16-27-25-14-5-9-20-34(25)45-36(27)28)42-39(41-37)43-31-18-7-4-13-24(31)29-21-30-26-15-6-8-19-33(26)44-35(30)22-32(29)43/h1-22H. The fourth-order valence-corrected chi connectivity index (χ4v) is 8.96. The average Bonchev–Trinajstić information content (AvgIpc) is 3.76. The van der Waals surface area contributed by atoms with E-state index in [-0.39, 0.29) is 0 Å². The molecule has 10 aromatic rings. The first-order valence-electron chi connectivity index (χ1n) is 14.9. The Morgan fingerprint density at radius 1 is 0.422 bits per heavy atom. The molecule has 0 N–H and O–H groups in total. The second-order valence-electron chi connectivity index (χ2n) is 11.2. The van der Waals surface area contributed by atoms with E-state index >= 15 is 0 Å². The number of thiophene rings is 2. The van der Waals surface area contributed by atoms with Crippen LogP contribution in [-0.2, 0) is 0 Å². The van der Waals surface area contributed by atoms with Crippen LogP contribution in [0.15, 0.2) is 133 Å². The topological polar surface area (TPSA) is 43.6 Å². The first kappa shape index (κ1) is 25.0. The van der Waals surface area contributed by atoms with Crippen molar-refractivity contribution in [1.29, 1.82) is 0 Å². The lowest BCUT2D eigenvalue weighted by atomic mass is 10.1. The van der Waals surface area contributed by atoms with Crippen molar-refractivity contribution in [2.75, 3.05) is 0 Å². The molecule has 0 saturated carbocycles. The van der Waals surface area contributed by atoms with Gasteiger partial charge in [0.1, 0.15) is 0 Å². The first-order valence-corrected chi connectivity index (χ1v) is 16.5. The van der Waals surface area contributed by atoms with Gasteiger partial charge in [0.15, 0.2) is 11.6 Å². The minimum Gasteiger partial charge on any atom is -0.278 e. The van der Waals surface area contributed by atoms with Crippen molar-refractivity contribution in [3.8, 4) is 28.7 Å². The molecular weight excluding hydrogens is 589 g/mol. The Labute approximate surface area is 265 Å². The van der Waals surface area contributed by atoms with Gasteiger partial charge in [0, 0.05) is 62.2 Å². The van der Waals surface area contributed by atoms with E-state index in [1.807, 2.05) is 29.5 Å². The lowest BCUT2D eigenvalue weighted by Gasteiger charge is -2.11. The fraction of sp³-hybridized carbons (Fsp3) is 0. The smallest absolute Gasteiger partial charge is 0.238 e. The van der Waals surface area contributed by atoms with Crippen molar-refractivity contribution in [2.45, 2.75) is 0 Å². The molecule has 0 spiro atoms. The van der Waals surface area contributed by atoms with Gasteiger partial charge in [-0.15, -0.1) is 22.7 Å². The maximum Gasteiger partial charge on any atom is 0.238 e. The molecule has 210 valence electrons. The lowest BCUT2D eigenvalue weighted by Crippen LogP contribution is -2.06. The molecule has 4 nitrogen and oxygen atoms in total. The Kier molecular flexibility index (Phi) is 5.29. The number of hydrogen-bond acceptors (Lipinski definition) is 5.